The molecule has 1 N–H and O–H groups in total. The summed E-state index contributed by atoms with van der Waals surface area (Å²) < 4.78 is 9.96. The molecule has 0 radical (unpaired) electrons. The normalized spacial score (nSPS) is 9.82. The summed E-state index contributed by atoms with van der Waals surface area (Å²) in [6.07, 6.45) is 1.44. The van der Waals surface area contributed by atoms with Gasteiger partial charge in [0.05, 0.1) is 13.2 Å². The number of halogens is 1. The van der Waals surface area contributed by atoms with Gasteiger partial charge in [0.15, 0.2) is 0 Å². The number of nitrogens with zero attached hydrogens (tertiary/aromatic N) is 1. The Morgan fingerprint density at radius 3 is 2.12 bits per heavy atom. The van der Waals surface area contributed by atoms with Crippen LogP contribution in [-0.4, -0.2) is 64.9 Å². The third-order valence-corrected chi connectivity index (χ3v) is 2.30. The number of ether oxygens (including phenoxy) is 2. The van der Waals surface area contributed by atoms with Gasteiger partial charge in [0.25, 0.3) is 0 Å². The Hall–Kier alpha value is -0.360. The van der Waals surface area contributed by atoms with E-state index >= 15 is 0 Å². The first-order valence-corrected chi connectivity index (χ1v) is 5.66. The van der Waals surface area contributed by atoms with Gasteiger partial charge in [-0.05, 0) is 20.0 Å². The topological polar surface area (TPSA) is 50.8 Å². The number of hydrogen-bond acceptors (Lipinski definition) is 4. The molecule has 0 aromatic carbocycles. The second-order valence-corrected chi connectivity index (χ2v) is 3.57. The van der Waals surface area contributed by atoms with E-state index in [2.05, 4.69) is 5.32 Å². The number of hydrogen-bond donors (Lipinski definition) is 1. The molecule has 1 amide bonds. The molecule has 0 heterocycles. The minimum absolute atomic E-state index is 0. The molecule has 0 rings (SSSR count). The molecular formula is C11H25ClN2O3. The molecule has 6 heteroatoms. The van der Waals surface area contributed by atoms with Crippen molar-refractivity contribution in [2.75, 3.05) is 54.1 Å². The van der Waals surface area contributed by atoms with Crippen LogP contribution in [0.5, 0.6) is 0 Å². The van der Waals surface area contributed by atoms with Crippen molar-refractivity contribution in [1.29, 1.82) is 0 Å². The third kappa shape index (κ3) is 10.5. The molecule has 0 aliphatic carbocycles. The van der Waals surface area contributed by atoms with E-state index in [-0.39, 0.29) is 18.3 Å². The highest BCUT2D eigenvalue weighted by molar-refractivity contribution is 5.85. The summed E-state index contributed by atoms with van der Waals surface area (Å²) in [7, 11) is 5.16. The maximum absolute atomic E-state index is 11.8. The van der Waals surface area contributed by atoms with Gasteiger partial charge in [0.2, 0.25) is 5.91 Å². The van der Waals surface area contributed by atoms with Crippen LogP contribution >= 0.6 is 12.4 Å². The predicted octanol–water partition coefficient (Wildman–Crippen LogP) is 0.529. The number of amides is 1. The van der Waals surface area contributed by atoms with E-state index in [0.29, 0.717) is 32.7 Å². The zero-order valence-electron chi connectivity index (χ0n) is 11.0. The Balaban J connectivity index is 0. The van der Waals surface area contributed by atoms with Crippen LogP contribution in [0.2, 0.25) is 0 Å². The van der Waals surface area contributed by atoms with Crippen LogP contribution in [0.4, 0.5) is 0 Å². The maximum atomic E-state index is 11.8. The lowest BCUT2D eigenvalue weighted by Crippen LogP contribution is -2.36. The minimum atomic E-state index is 0. The molecule has 0 saturated carbocycles. The largest absolute Gasteiger partial charge is 0.383 e. The van der Waals surface area contributed by atoms with Gasteiger partial charge >= 0.3 is 0 Å². The van der Waals surface area contributed by atoms with E-state index in [1.165, 1.54) is 0 Å². The second-order valence-electron chi connectivity index (χ2n) is 3.57. The molecule has 0 saturated heterocycles. The van der Waals surface area contributed by atoms with Gasteiger partial charge in [-0.25, -0.2) is 0 Å². The zero-order chi connectivity index (χ0) is 12.2. The lowest BCUT2D eigenvalue weighted by atomic mass is 10.2. The molecule has 0 fully saturated rings. The average molecular weight is 269 g/mol. The molecule has 0 aliphatic heterocycles. The van der Waals surface area contributed by atoms with Gasteiger partial charge in [-0.15, -0.1) is 12.4 Å². The third-order valence-electron chi connectivity index (χ3n) is 2.30. The summed E-state index contributed by atoms with van der Waals surface area (Å²) in [5.74, 6) is 0.171. The summed E-state index contributed by atoms with van der Waals surface area (Å²) in [6.45, 7) is 3.29. The van der Waals surface area contributed by atoms with Gasteiger partial charge in [-0.1, -0.05) is 0 Å². The van der Waals surface area contributed by atoms with E-state index in [1.807, 2.05) is 7.05 Å². The van der Waals surface area contributed by atoms with Crippen LogP contribution < -0.4 is 5.32 Å². The van der Waals surface area contributed by atoms with Crippen molar-refractivity contribution >= 4 is 18.3 Å². The van der Waals surface area contributed by atoms with Crippen molar-refractivity contribution in [2.24, 2.45) is 0 Å². The summed E-state index contributed by atoms with van der Waals surface area (Å²) >= 11 is 0. The fourth-order valence-electron chi connectivity index (χ4n) is 1.34. The standard InChI is InChI=1S/C11H24N2O3.ClH/c1-12-6-4-5-11(14)13(7-9-15-2)8-10-16-3;/h12H,4-10H2,1-3H3;1H. The molecule has 0 aliphatic rings. The van der Waals surface area contributed by atoms with Crippen LogP contribution in [0.3, 0.4) is 0 Å². The van der Waals surface area contributed by atoms with Crippen molar-refractivity contribution in [1.82, 2.24) is 10.2 Å². The highest BCUT2D eigenvalue weighted by atomic mass is 35.5. The number of nitrogens with one attached hydrogen (secondary N) is 1. The summed E-state index contributed by atoms with van der Waals surface area (Å²) in [6, 6.07) is 0. The highest BCUT2D eigenvalue weighted by Gasteiger charge is 2.11. The molecule has 0 atom stereocenters. The molecule has 0 unspecified atom stereocenters. The predicted molar refractivity (Wildman–Crippen MR) is 70.7 cm³/mol. The monoisotopic (exact) mass is 268 g/mol. The van der Waals surface area contributed by atoms with Gasteiger partial charge in [0, 0.05) is 33.7 Å². The van der Waals surface area contributed by atoms with E-state index in [0.717, 1.165) is 13.0 Å². The molecule has 0 bridgehead atoms. The number of carbonyl (C=O) groups is 1. The van der Waals surface area contributed by atoms with Crippen molar-refractivity contribution in [3.05, 3.63) is 0 Å². The molecular weight excluding hydrogens is 244 g/mol. The van der Waals surface area contributed by atoms with Gasteiger partial charge < -0.3 is 19.7 Å². The Morgan fingerprint density at radius 2 is 1.71 bits per heavy atom. The van der Waals surface area contributed by atoms with E-state index < -0.39 is 0 Å². The van der Waals surface area contributed by atoms with E-state index in [4.69, 9.17) is 9.47 Å². The Morgan fingerprint density at radius 1 is 1.18 bits per heavy atom. The van der Waals surface area contributed by atoms with Crippen molar-refractivity contribution in [2.45, 2.75) is 12.8 Å². The first-order valence-electron chi connectivity index (χ1n) is 5.66. The molecule has 0 spiro atoms. The molecule has 5 nitrogen and oxygen atoms in total. The fraction of sp³-hybridized carbons (Fsp3) is 0.909. The van der Waals surface area contributed by atoms with Crippen LogP contribution in [0, 0.1) is 0 Å². The van der Waals surface area contributed by atoms with Crippen molar-refractivity contribution in [3.8, 4) is 0 Å². The quantitative estimate of drug-likeness (QED) is 0.587. The summed E-state index contributed by atoms with van der Waals surface area (Å²) in [5, 5.41) is 3.03. The second kappa shape index (κ2) is 13.7. The zero-order valence-corrected chi connectivity index (χ0v) is 11.8. The minimum Gasteiger partial charge on any atom is -0.383 e. The summed E-state index contributed by atoms with van der Waals surface area (Å²) in [5.41, 5.74) is 0. The molecule has 104 valence electrons. The number of carbonyl (C=O) groups excluding carboxylic acids is 1. The molecule has 0 aromatic heterocycles. The van der Waals surface area contributed by atoms with Crippen LogP contribution in [0.1, 0.15) is 12.8 Å². The lowest BCUT2D eigenvalue weighted by Gasteiger charge is -2.22. The van der Waals surface area contributed by atoms with E-state index in [9.17, 15) is 4.79 Å². The van der Waals surface area contributed by atoms with Crippen LogP contribution in [-0.2, 0) is 14.3 Å². The molecule has 0 aromatic rings. The SMILES string of the molecule is CNCCCC(=O)N(CCOC)CCOC.Cl. The summed E-state index contributed by atoms with van der Waals surface area (Å²) in [4.78, 5) is 13.6. The van der Waals surface area contributed by atoms with Gasteiger partial charge in [0.1, 0.15) is 0 Å². The van der Waals surface area contributed by atoms with Crippen LogP contribution in [0.25, 0.3) is 0 Å². The Kier molecular flexibility index (Phi) is 15.3. The average Bonchev–Trinajstić information content (AvgIpc) is 2.29. The number of methoxy groups -OCH3 is 2. The first-order chi connectivity index (χ1) is 7.76. The van der Waals surface area contributed by atoms with Crippen molar-refractivity contribution in [3.63, 3.8) is 0 Å². The highest BCUT2D eigenvalue weighted by Crippen LogP contribution is 1.98. The van der Waals surface area contributed by atoms with E-state index in [1.54, 1.807) is 19.1 Å². The maximum Gasteiger partial charge on any atom is 0.222 e. The van der Waals surface area contributed by atoms with Gasteiger partial charge in [-0.3, -0.25) is 4.79 Å². The Bertz CT molecular complexity index is 174. The fourth-order valence-corrected chi connectivity index (χ4v) is 1.34. The smallest absolute Gasteiger partial charge is 0.222 e. The van der Waals surface area contributed by atoms with Crippen LogP contribution in [0.15, 0.2) is 0 Å². The first kappa shape index (κ1) is 19.0. The number of rotatable bonds is 10. The molecule has 17 heavy (non-hydrogen) atoms. The van der Waals surface area contributed by atoms with Gasteiger partial charge in [-0.2, -0.15) is 0 Å². The Labute approximate surface area is 110 Å². The van der Waals surface area contributed by atoms with Crippen molar-refractivity contribution < 1.29 is 14.3 Å². The lowest BCUT2D eigenvalue weighted by molar-refractivity contribution is -0.132.